The Hall–Kier alpha value is -1.07. The highest BCUT2D eigenvalue weighted by Gasteiger charge is 2.17. The Bertz CT molecular complexity index is 803. The number of halogens is 3. The average Bonchev–Trinajstić information content (AvgIpc) is 2.93. The molecule has 0 saturated carbocycles. The lowest BCUT2D eigenvalue weighted by molar-refractivity contribution is 0.887. The van der Waals surface area contributed by atoms with Crippen LogP contribution in [0.15, 0.2) is 30.3 Å². The van der Waals surface area contributed by atoms with Crippen molar-refractivity contribution in [1.29, 1.82) is 0 Å². The summed E-state index contributed by atoms with van der Waals surface area (Å²) >= 11 is 19.8. The van der Waals surface area contributed by atoms with Crippen LogP contribution in [0, 0.1) is 0 Å². The topological polar surface area (TPSA) is 37.8 Å². The summed E-state index contributed by atoms with van der Waals surface area (Å²) in [7, 11) is 0. The molecule has 1 atom stereocenters. The van der Waals surface area contributed by atoms with Crippen LogP contribution in [0.4, 0.5) is 5.69 Å². The molecule has 0 radical (unpaired) electrons. The van der Waals surface area contributed by atoms with E-state index in [1.54, 1.807) is 6.07 Å². The van der Waals surface area contributed by atoms with E-state index in [0.29, 0.717) is 26.1 Å². The van der Waals surface area contributed by atoms with Gasteiger partial charge in [0.1, 0.15) is 11.0 Å². The molecule has 21 heavy (non-hydrogen) atoms. The third-order valence-electron chi connectivity index (χ3n) is 3.18. The predicted molar refractivity (Wildman–Crippen MR) is 90.9 cm³/mol. The van der Waals surface area contributed by atoms with Crippen molar-refractivity contribution in [2.45, 2.75) is 13.0 Å². The quantitative estimate of drug-likeness (QED) is 0.640. The van der Waals surface area contributed by atoms with Crippen LogP contribution < -0.4 is 5.32 Å². The molecule has 0 saturated heterocycles. The fourth-order valence-corrected chi connectivity index (χ4v) is 3.60. The van der Waals surface area contributed by atoms with Gasteiger partial charge in [-0.1, -0.05) is 53.0 Å². The number of fused-ring (bicyclic) bond motifs is 1. The van der Waals surface area contributed by atoms with Gasteiger partial charge in [0.15, 0.2) is 0 Å². The number of anilines is 1. The van der Waals surface area contributed by atoms with Crippen molar-refractivity contribution in [1.82, 2.24) is 8.75 Å². The summed E-state index contributed by atoms with van der Waals surface area (Å²) in [5, 5.41) is 5.07. The number of aromatic nitrogens is 2. The molecule has 0 amide bonds. The fourth-order valence-electron chi connectivity index (χ4n) is 2.13. The van der Waals surface area contributed by atoms with Crippen molar-refractivity contribution >= 4 is 63.3 Å². The summed E-state index contributed by atoms with van der Waals surface area (Å²) < 4.78 is 8.47. The molecule has 1 unspecified atom stereocenters. The van der Waals surface area contributed by atoms with Crippen LogP contribution in [0.25, 0.3) is 11.0 Å². The molecule has 108 valence electrons. The van der Waals surface area contributed by atoms with Crippen LogP contribution >= 0.6 is 46.5 Å². The minimum absolute atomic E-state index is 0.0257. The van der Waals surface area contributed by atoms with E-state index in [1.807, 2.05) is 31.2 Å². The third-order valence-corrected chi connectivity index (χ3v) is 4.64. The van der Waals surface area contributed by atoms with Crippen molar-refractivity contribution in [3.05, 3.63) is 51.0 Å². The van der Waals surface area contributed by atoms with Gasteiger partial charge in [-0.25, -0.2) is 0 Å². The summed E-state index contributed by atoms with van der Waals surface area (Å²) in [4.78, 5) is 0. The monoisotopic (exact) mass is 357 g/mol. The van der Waals surface area contributed by atoms with Crippen LogP contribution in [0.1, 0.15) is 18.5 Å². The Morgan fingerprint density at radius 1 is 1.00 bits per heavy atom. The lowest BCUT2D eigenvalue weighted by Gasteiger charge is -2.18. The average molecular weight is 359 g/mol. The normalized spacial score (nSPS) is 12.6. The summed E-state index contributed by atoms with van der Waals surface area (Å²) in [5.41, 5.74) is 3.04. The standard InChI is InChI=1S/C14H10Cl3N3S/c1-7(8-4-2-3-5-9(8)15)18-12-10(16)6-11(17)13-14(12)20-21-19-13/h2-7,18H,1H3. The van der Waals surface area contributed by atoms with Gasteiger partial charge in [-0.2, -0.15) is 8.75 Å². The maximum Gasteiger partial charge on any atom is 0.130 e. The SMILES string of the molecule is CC(Nc1c(Cl)cc(Cl)c2nsnc12)c1ccccc1Cl. The van der Waals surface area contributed by atoms with Crippen molar-refractivity contribution in [2.24, 2.45) is 0 Å². The molecule has 7 heteroatoms. The third kappa shape index (κ3) is 2.81. The highest BCUT2D eigenvalue weighted by molar-refractivity contribution is 7.00. The van der Waals surface area contributed by atoms with Crippen molar-refractivity contribution < 1.29 is 0 Å². The highest BCUT2D eigenvalue weighted by atomic mass is 35.5. The van der Waals surface area contributed by atoms with Crippen molar-refractivity contribution in [2.75, 3.05) is 5.32 Å². The van der Waals surface area contributed by atoms with Crippen molar-refractivity contribution in [3.63, 3.8) is 0 Å². The molecule has 3 nitrogen and oxygen atoms in total. The zero-order valence-electron chi connectivity index (χ0n) is 10.9. The number of nitrogens with one attached hydrogen (secondary N) is 1. The zero-order valence-corrected chi connectivity index (χ0v) is 14.0. The van der Waals surface area contributed by atoms with Crippen LogP contribution in [-0.4, -0.2) is 8.75 Å². The largest absolute Gasteiger partial charge is 0.375 e. The second kappa shape index (κ2) is 5.97. The Labute approximate surface area is 141 Å². The first-order valence-corrected chi connectivity index (χ1v) is 8.05. The molecule has 3 aromatic rings. The van der Waals surface area contributed by atoms with E-state index in [2.05, 4.69) is 14.1 Å². The first-order valence-electron chi connectivity index (χ1n) is 6.19. The minimum atomic E-state index is -0.0257. The summed E-state index contributed by atoms with van der Waals surface area (Å²) in [6.07, 6.45) is 0. The van der Waals surface area contributed by atoms with E-state index >= 15 is 0 Å². The summed E-state index contributed by atoms with van der Waals surface area (Å²) in [6.45, 7) is 2.01. The molecule has 3 rings (SSSR count). The first kappa shape index (κ1) is 14.9. The zero-order chi connectivity index (χ0) is 15.0. The predicted octanol–water partition coefficient (Wildman–Crippen LogP) is 5.82. The van der Waals surface area contributed by atoms with Gasteiger partial charge in [0.2, 0.25) is 0 Å². The van der Waals surface area contributed by atoms with Crippen LogP contribution in [0.5, 0.6) is 0 Å². The second-order valence-corrected chi connectivity index (χ2v) is 6.31. The number of benzene rings is 2. The molecule has 0 aliphatic heterocycles. The Morgan fingerprint density at radius 3 is 2.48 bits per heavy atom. The molecule has 0 bridgehead atoms. The van der Waals surface area contributed by atoms with Gasteiger partial charge in [-0.05, 0) is 24.6 Å². The van der Waals surface area contributed by atoms with Gasteiger partial charge in [0, 0.05) is 5.02 Å². The number of nitrogens with zero attached hydrogens (tertiary/aromatic N) is 2. The molecular formula is C14H10Cl3N3S. The molecule has 1 N–H and O–H groups in total. The number of hydrogen-bond donors (Lipinski definition) is 1. The van der Waals surface area contributed by atoms with Crippen LogP contribution in [0.2, 0.25) is 15.1 Å². The van der Waals surface area contributed by atoms with E-state index in [1.165, 1.54) is 0 Å². The van der Waals surface area contributed by atoms with Crippen LogP contribution in [0.3, 0.4) is 0 Å². The lowest BCUT2D eigenvalue weighted by Crippen LogP contribution is -2.08. The van der Waals surface area contributed by atoms with Gasteiger partial charge < -0.3 is 5.32 Å². The molecule has 1 aromatic heterocycles. The highest BCUT2D eigenvalue weighted by Crippen LogP contribution is 2.37. The van der Waals surface area contributed by atoms with Gasteiger partial charge >= 0.3 is 0 Å². The molecule has 0 aliphatic carbocycles. The maximum atomic E-state index is 6.29. The Morgan fingerprint density at radius 2 is 1.71 bits per heavy atom. The number of rotatable bonds is 3. The second-order valence-electron chi connectivity index (χ2n) is 4.56. The molecule has 1 heterocycles. The lowest BCUT2D eigenvalue weighted by atomic mass is 10.1. The smallest absolute Gasteiger partial charge is 0.130 e. The molecular weight excluding hydrogens is 349 g/mol. The van der Waals surface area contributed by atoms with E-state index in [4.69, 9.17) is 34.8 Å². The maximum absolute atomic E-state index is 6.29. The summed E-state index contributed by atoms with van der Waals surface area (Å²) in [6, 6.07) is 9.33. The van der Waals surface area contributed by atoms with Gasteiger partial charge in [-0.15, -0.1) is 0 Å². The summed E-state index contributed by atoms with van der Waals surface area (Å²) in [5.74, 6) is 0. The minimum Gasteiger partial charge on any atom is -0.375 e. The van der Waals surface area contributed by atoms with Gasteiger partial charge in [-0.3, -0.25) is 0 Å². The Kier molecular flexibility index (Phi) is 4.22. The van der Waals surface area contributed by atoms with Gasteiger partial charge in [0.25, 0.3) is 0 Å². The fraction of sp³-hybridized carbons (Fsp3) is 0.143. The Balaban J connectivity index is 2.02. The molecule has 0 spiro atoms. The van der Waals surface area contributed by atoms with Crippen LogP contribution in [-0.2, 0) is 0 Å². The molecule has 0 aliphatic rings. The van der Waals surface area contributed by atoms with E-state index in [0.717, 1.165) is 23.0 Å². The number of hydrogen-bond acceptors (Lipinski definition) is 4. The van der Waals surface area contributed by atoms with E-state index in [9.17, 15) is 0 Å². The molecule has 2 aromatic carbocycles. The first-order chi connectivity index (χ1) is 10.1. The van der Waals surface area contributed by atoms with E-state index in [-0.39, 0.29) is 6.04 Å². The van der Waals surface area contributed by atoms with E-state index < -0.39 is 0 Å². The molecule has 0 fully saturated rings. The van der Waals surface area contributed by atoms with Gasteiger partial charge in [0.05, 0.1) is 33.5 Å². The van der Waals surface area contributed by atoms with Crippen molar-refractivity contribution in [3.8, 4) is 0 Å².